The van der Waals surface area contributed by atoms with E-state index in [2.05, 4.69) is 4.72 Å². The Hall–Kier alpha value is -0.970. The van der Waals surface area contributed by atoms with Gasteiger partial charge in [-0.15, -0.1) is 11.3 Å². The Balaban J connectivity index is 2.16. The summed E-state index contributed by atoms with van der Waals surface area (Å²) in [5, 5.41) is 10.00. The number of thiophene rings is 1. The summed E-state index contributed by atoms with van der Waals surface area (Å²) >= 11 is 0.793. The Morgan fingerprint density at radius 1 is 1.45 bits per heavy atom. The maximum Gasteiger partial charge on any atom is 0.336 e. The van der Waals surface area contributed by atoms with Crippen LogP contribution in [0.2, 0.25) is 0 Å². The quantitative estimate of drug-likeness (QED) is 0.815. The second-order valence-corrected chi connectivity index (χ2v) is 9.62. The van der Waals surface area contributed by atoms with E-state index in [9.17, 15) is 21.6 Å². The van der Waals surface area contributed by atoms with Gasteiger partial charge in [0.05, 0.1) is 17.1 Å². The first-order valence-electron chi connectivity index (χ1n) is 5.74. The lowest BCUT2D eigenvalue weighted by molar-refractivity contribution is 0.0697. The van der Waals surface area contributed by atoms with E-state index in [1.807, 2.05) is 0 Å². The van der Waals surface area contributed by atoms with Crippen molar-refractivity contribution in [3.8, 4) is 0 Å². The normalized spacial score (nSPS) is 22.5. The molecule has 20 heavy (non-hydrogen) atoms. The molecule has 112 valence electrons. The SMILES string of the molecule is O=C(O)c1csc(S(=O)(=O)NC2CCCS(=O)(=O)C2)c1. The number of sulfonamides is 1. The summed E-state index contributed by atoms with van der Waals surface area (Å²) in [6.07, 6.45) is 0.871. The molecule has 0 saturated carbocycles. The highest BCUT2D eigenvalue weighted by Gasteiger charge is 2.29. The monoisotopic (exact) mass is 339 g/mol. The summed E-state index contributed by atoms with van der Waals surface area (Å²) in [6.45, 7) is 0. The fourth-order valence-electron chi connectivity index (χ4n) is 1.96. The molecular formula is C10H13NO6S3. The van der Waals surface area contributed by atoms with Gasteiger partial charge in [-0.3, -0.25) is 0 Å². The molecule has 1 fully saturated rings. The molecule has 1 aromatic heterocycles. The smallest absolute Gasteiger partial charge is 0.336 e. The first kappa shape index (κ1) is 15.4. The minimum absolute atomic E-state index is 0.0768. The molecular weight excluding hydrogens is 326 g/mol. The minimum Gasteiger partial charge on any atom is -0.478 e. The van der Waals surface area contributed by atoms with Crippen LogP contribution in [0.1, 0.15) is 23.2 Å². The predicted octanol–water partition coefficient (Wildman–Crippen LogP) is 0.302. The van der Waals surface area contributed by atoms with Crippen LogP contribution in [-0.2, 0) is 19.9 Å². The van der Waals surface area contributed by atoms with E-state index in [-0.39, 0.29) is 21.3 Å². The molecule has 1 aliphatic heterocycles. The zero-order valence-corrected chi connectivity index (χ0v) is 12.7. The van der Waals surface area contributed by atoms with E-state index in [4.69, 9.17) is 5.11 Å². The Morgan fingerprint density at radius 2 is 2.15 bits per heavy atom. The predicted molar refractivity (Wildman–Crippen MR) is 73.3 cm³/mol. The zero-order valence-electron chi connectivity index (χ0n) is 10.3. The molecule has 1 saturated heterocycles. The van der Waals surface area contributed by atoms with E-state index in [1.54, 1.807) is 0 Å². The standard InChI is InChI=1S/C10H13NO6S3/c12-10(13)7-4-9(18-5-7)20(16,17)11-8-2-1-3-19(14,15)6-8/h4-5,8,11H,1-3,6H2,(H,12,13). The third-order valence-electron chi connectivity index (χ3n) is 2.87. The van der Waals surface area contributed by atoms with Gasteiger partial charge in [-0.25, -0.2) is 26.4 Å². The average Bonchev–Trinajstić information content (AvgIpc) is 2.76. The van der Waals surface area contributed by atoms with Crippen molar-refractivity contribution in [3.05, 3.63) is 17.0 Å². The topological polar surface area (TPSA) is 118 Å². The van der Waals surface area contributed by atoms with Crippen LogP contribution < -0.4 is 4.72 Å². The Kier molecular flexibility index (Phi) is 4.19. The molecule has 2 rings (SSSR count). The number of carbonyl (C=O) groups is 1. The molecule has 7 nitrogen and oxygen atoms in total. The average molecular weight is 339 g/mol. The molecule has 1 aromatic rings. The second kappa shape index (κ2) is 5.43. The van der Waals surface area contributed by atoms with Gasteiger partial charge in [-0.05, 0) is 18.9 Å². The number of aromatic carboxylic acids is 1. The van der Waals surface area contributed by atoms with Crippen molar-refractivity contribution in [1.82, 2.24) is 4.72 Å². The lowest BCUT2D eigenvalue weighted by atomic mass is 10.2. The van der Waals surface area contributed by atoms with Crippen LogP contribution in [-0.4, -0.2) is 45.5 Å². The molecule has 1 aliphatic rings. The number of sulfone groups is 1. The van der Waals surface area contributed by atoms with E-state index < -0.39 is 31.9 Å². The van der Waals surface area contributed by atoms with Crippen LogP contribution in [0.15, 0.2) is 15.7 Å². The second-order valence-electron chi connectivity index (χ2n) is 4.53. The van der Waals surface area contributed by atoms with Crippen molar-refractivity contribution in [2.24, 2.45) is 0 Å². The number of hydrogen-bond donors (Lipinski definition) is 2. The van der Waals surface area contributed by atoms with Crippen LogP contribution in [0, 0.1) is 0 Å². The number of hydrogen-bond acceptors (Lipinski definition) is 6. The summed E-state index contributed by atoms with van der Waals surface area (Å²) in [6, 6.07) is 0.404. The molecule has 0 aromatic carbocycles. The van der Waals surface area contributed by atoms with Crippen molar-refractivity contribution in [3.63, 3.8) is 0 Å². The van der Waals surface area contributed by atoms with Crippen molar-refractivity contribution in [1.29, 1.82) is 0 Å². The minimum atomic E-state index is -3.88. The molecule has 1 unspecified atom stereocenters. The Labute approximate surface area is 120 Å². The largest absolute Gasteiger partial charge is 0.478 e. The van der Waals surface area contributed by atoms with Crippen LogP contribution in [0.4, 0.5) is 0 Å². The first-order chi connectivity index (χ1) is 9.20. The van der Waals surface area contributed by atoms with Crippen molar-refractivity contribution in [2.75, 3.05) is 11.5 Å². The van der Waals surface area contributed by atoms with E-state index in [0.29, 0.717) is 12.8 Å². The van der Waals surface area contributed by atoms with Crippen molar-refractivity contribution < 1.29 is 26.7 Å². The molecule has 2 heterocycles. The summed E-state index contributed by atoms with van der Waals surface area (Å²) < 4.78 is 49.3. The van der Waals surface area contributed by atoms with E-state index in [0.717, 1.165) is 17.4 Å². The van der Waals surface area contributed by atoms with E-state index >= 15 is 0 Å². The van der Waals surface area contributed by atoms with Gasteiger partial charge < -0.3 is 5.11 Å². The molecule has 0 bridgehead atoms. The third-order valence-corrected chi connectivity index (χ3v) is 7.65. The lowest BCUT2D eigenvalue weighted by Crippen LogP contribution is -2.42. The lowest BCUT2D eigenvalue weighted by Gasteiger charge is -2.22. The molecule has 0 amide bonds. The van der Waals surface area contributed by atoms with Gasteiger partial charge in [0, 0.05) is 11.4 Å². The highest BCUT2D eigenvalue weighted by molar-refractivity contribution is 7.92. The van der Waals surface area contributed by atoms with E-state index in [1.165, 1.54) is 5.38 Å². The first-order valence-corrected chi connectivity index (χ1v) is 9.93. The van der Waals surface area contributed by atoms with Gasteiger partial charge in [0.2, 0.25) is 10.0 Å². The van der Waals surface area contributed by atoms with Crippen LogP contribution in [0.3, 0.4) is 0 Å². The van der Waals surface area contributed by atoms with Crippen LogP contribution in [0.25, 0.3) is 0 Å². The number of rotatable bonds is 4. The number of nitrogens with one attached hydrogen (secondary N) is 1. The van der Waals surface area contributed by atoms with Crippen LogP contribution in [0.5, 0.6) is 0 Å². The zero-order chi connectivity index (χ0) is 15.0. The van der Waals surface area contributed by atoms with Gasteiger partial charge in [0.1, 0.15) is 4.21 Å². The Morgan fingerprint density at radius 3 is 2.70 bits per heavy atom. The summed E-state index contributed by atoms with van der Waals surface area (Å²) in [5.74, 6) is -1.35. The van der Waals surface area contributed by atoms with Crippen molar-refractivity contribution in [2.45, 2.75) is 23.1 Å². The summed E-state index contributed by atoms with van der Waals surface area (Å²) in [5.41, 5.74) is -0.105. The highest BCUT2D eigenvalue weighted by Crippen LogP contribution is 2.22. The molecule has 0 spiro atoms. The van der Waals surface area contributed by atoms with Crippen LogP contribution >= 0.6 is 11.3 Å². The summed E-state index contributed by atoms with van der Waals surface area (Å²) in [4.78, 5) is 10.7. The fraction of sp³-hybridized carbons (Fsp3) is 0.500. The summed E-state index contributed by atoms with van der Waals surface area (Å²) in [7, 11) is -7.09. The molecule has 1 atom stereocenters. The third kappa shape index (κ3) is 3.57. The fourth-order valence-corrected chi connectivity index (χ4v) is 6.15. The number of carboxylic acids is 1. The van der Waals surface area contributed by atoms with Gasteiger partial charge in [0.15, 0.2) is 9.84 Å². The van der Waals surface area contributed by atoms with Crippen molar-refractivity contribution >= 4 is 37.2 Å². The maximum absolute atomic E-state index is 12.1. The van der Waals surface area contributed by atoms with Gasteiger partial charge in [-0.2, -0.15) is 0 Å². The van der Waals surface area contributed by atoms with Gasteiger partial charge in [-0.1, -0.05) is 0 Å². The van der Waals surface area contributed by atoms with Gasteiger partial charge >= 0.3 is 5.97 Å². The number of carboxylic acid groups (broad SMARTS) is 1. The maximum atomic E-state index is 12.1. The Bertz CT molecular complexity index is 718. The molecule has 0 radical (unpaired) electrons. The molecule has 2 N–H and O–H groups in total. The highest BCUT2D eigenvalue weighted by atomic mass is 32.2. The molecule has 10 heteroatoms. The molecule has 0 aliphatic carbocycles. The van der Waals surface area contributed by atoms with Gasteiger partial charge in [0.25, 0.3) is 0 Å².